The second kappa shape index (κ2) is 12.1. The van der Waals surface area contributed by atoms with Gasteiger partial charge in [-0.2, -0.15) is 5.26 Å². The summed E-state index contributed by atoms with van der Waals surface area (Å²) in [6, 6.07) is 16.4. The van der Waals surface area contributed by atoms with E-state index in [4.69, 9.17) is 21.1 Å². The van der Waals surface area contributed by atoms with E-state index in [-0.39, 0.29) is 34.6 Å². The van der Waals surface area contributed by atoms with E-state index in [9.17, 15) is 14.9 Å². The van der Waals surface area contributed by atoms with Crippen molar-refractivity contribution in [2.24, 2.45) is 0 Å². The molecule has 0 spiro atoms. The van der Waals surface area contributed by atoms with Crippen molar-refractivity contribution < 1.29 is 19.1 Å². The lowest BCUT2D eigenvalue weighted by atomic mass is 10.1. The first-order chi connectivity index (χ1) is 17.6. The summed E-state index contributed by atoms with van der Waals surface area (Å²) in [6.07, 6.45) is 1.41. The lowest BCUT2D eigenvalue weighted by Gasteiger charge is -2.14. The maximum absolute atomic E-state index is 12.8. The SMILES string of the molecule is COc1cc(/C=C(/C#N)C(=O)Nc2cccc(C)c2C)cc(Cl)c1OCC(=O)Nc1cc(C)ccc1C. The van der Waals surface area contributed by atoms with E-state index in [0.29, 0.717) is 16.9 Å². The fourth-order valence-corrected chi connectivity index (χ4v) is 3.82. The smallest absolute Gasteiger partial charge is 0.266 e. The number of methoxy groups -OCH3 is 1. The number of aryl methyl sites for hydroxylation is 3. The number of halogens is 1. The molecule has 0 fully saturated rings. The number of ether oxygens (including phenoxy) is 2. The number of anilines is 2. The Morgan fingerprint density at radius 3 is 2.46 bits per heavy atom. The molecular weight excluding hydrogens is 490 g/mol. The molecule has 2 N–H and O–H groups in total. The summed E-state index contributed by atoms with van der Waals surface area (Å²) < 4.78 is 11.1. The van der Waals surface area contributed by atoms with Gasteiger partial charge >= 0.3 is 0 Å². The lowest BCUT2D eigenvalue weighted by molar-refractivity contribution is -0.118. The summed E-state index contributed by atoms with van der Waals surface area (Å²) in [5.74, 6) is -0.471. The summed E-state index contributed by atoms with van der Waals surface area (Å²) in [7, 11) is 1.43. The van der Waals surface area contributed by atoms with E-state index >= 15 is 0 Å². The number of hydrogen-bond acceptors (Lipinski definition) is 5. The summed E-state index contributed by atoms with van der Waals surface area (Å²) in [4.78, 5) is 25.2. The Morgan fingerprint density at radius 1 is 1.00 bits per heavy atom. The van der Waals surface area contributed by atoms with E-state index in [0.717, 1.165) is 22.3 Å². The van der Waals surface area contributed by atoms with Crippen LogP contribution in [0.15, 0.2) is 54.1 Å². The molecule has 3 aromatic rings. The predicted octanol–water partition coefficient (Wildman–Crippen LogP) is 6.15. The Balaban J connectivity index is 1.77. The van der Waals surface area contributed by atoms with Gasteiger partial charge in [0.1, 0.15) is 11.6 Å². The van der Waals surface area contributed by atoms with Crippen LogP contribution in [0.3, 0.4) is 0 Å². The molecule has 0 unspecified atom stereocenters. The molecule has 0 aromatic heterocycles. The first-order valence-corrected chi connectivity index (χ1v) is 11.9. The highest BCUT2D eigenvalue weighted by Crippen LogP contribution is 2.37. The van der Waals surface area contributed by atoms with Gasteiger partial charge in [-0.05, 0) is 85.9 Å². The lowest BCUT2D eigenvalue weighted by Crippen LogP contribution is -2.21. The highest BCUT2D eigenvalue weighted by atomic mass is 35.5. The molecule has 0 atom stereocenters. The van der Waals surface area contributed by atoms with E-state index in [1.807, 2.05) is 64.1 Å². The molecule has 0 aliphatic carbocycles. The zero-order chi connectivity index (χ0) is 27.1. The number of amides is 2. The van der Waals surface area contributed by atoms with Crippen LogP contribution in [0.4, 0.5) is 11.4 Å². The van der Waals surface area contributed by atoms with Gasteiger partial charge in [0.25, 0.3) is 11.8 Å². The van der Waals surface area contributed by atoms with Gasteiger partial charge in [0.2, 0.25) is 0 Å². The maximum Gasteiger partial charge on any atom is 0.266 e. The molecule has 190 valence electrons. The number of nitrogens with one attached hydrogen (secondary N) is 2. The van der Waals surface area contributed by atoms with Crippen LogP contribution in [0.1, 0.15) is 27.8 Å². The van der Waals surface area contributed by atoms with Crippen molar-refractivity contribution in [3.63, 3.8) is 0 Å². The first-order valence-electron chi connectivity index (χ1n) is 11.5. The Labute approximate surface area is 221 Å². The molecule has 3 aromatic carbocycles. The molecule has 0 radical (unpaired) electrons. The van der Waals surface area contributed by atoms with Crippen LogP contribution in [-0.2, 0) is 9.59 Å². The highest BCUT2D eigenvalue weighted by Gasteiger charge is 2.16. The highest BCUT2D eigenvalue weighted by molar-refractivity contribution is 6.32. The second-order valence-electron chi connectivity index (χ2n) is 8.56. The van der Waals surface area contributed by atoms with Crippen molar-refractivity contribution in [3.8, 4) is 17.6 Å². The number of carbonyl (C=O) groups is 2. The predicted molar refractivity (Wildman–Crippen MR) is 146 cm³/mol. The van der Waals surface area contributed by atoms with Gasteiger partial charge in [0.15, 0.2) is 18.1 Å². The van der Waals surface area contributed by atoms with Crippen molar-refractivity contribution >= 4 is 40.9 Å². The quantitative estimate of drug-likeness (QED) is 0.276. The average Bonchev–Trinajstić information content (AvgIpc) is 2.86. The number of rotatable bonds is 8. The van der Waals surface area contributed by atoms with Crippen molar-refractivity contribution in [1.82, 2.24) is 0 Å². The van der Waals surface area contributed by atoms with Gasteiger partial charge in [-0.1, -0.05) is 35.9 Å². The topological polar surface area (TPSA) is 100 Å². The fraction of sp³-hybridized carbons (Fsp3) is 0.207. The zero-order valence-electron chi connectivity index (χ0n) is 21.4. The Kier molecular flexibility index (Phi) is 8.94. The second-order valence-corrected chi connectivity index (χ2v) is 8.97. The molecule has 0 saturated heterocycles. The van der Waals surface area contributed by atoms with Crippen LogP contribution in [0.2, 0.25) is 5.02 Å². The number of hydrogen-bond donors (Lipinski definition) is 2. The molecule has 2 amide bonds. The summed E-state index contributed by atoms with van der Waals surface area (Å²) in [5.41, 5.74) is 5.58. The summed E-state index contributed by atoms with van der Waals surface area (Å²) in [6.45, 7) is 7.39. The molecule has 3 rings (SSSR count). The van der Waals surface area contributed by atoms with E-state index in [2.05, 4.69) is 10.6 Å². The number of nitrogens with zero attached hydrogens (tertiary/aromatic N) is 1. The number of benzene rings is 3. The van der Waals surface area contributed by atoms with Crippen LogP contribution < -0.4 is 20.1 Å². The minimum absolute atomic E-state index is 0.111. The van der Waals surface area contributed by atoms with Crippen molar-refractivity contribution in [1.29, 1.82) is 5.26 Å². The van der Waals surface area contributed by atoms with E-state index < -0.39 is 5.91 Å². The van der Waals surface area contributed by atoms with E-state index in [1.165, 1.54) is 19.3 Å². The third kappa shape index (κ3) is 6.90. The Morgan fingerprint density at radius 2 is 1.76 bits per heavy atom. The van der Waals surface area contributed by atoms with Crippen molar-refractivity contribution in [3.05, 3.63) is 86.9 Å². The molecule has 8 heteroatoms. The molecule has 37 heavy (non-hydrogen) atoms. The number of nitriles is 1. The molecule has 0 saturated carbocycles. The van der Waals surface area contributed by atoms with Crippen molar-refractivity contribution in [2.75, 3.05) is 24.4 Å². The van der Waals surface area contributed by atoms with Crippen LogP contribution in [0.25, 0.3) is 6.08 Å². The normalized spacial score (nSPS) is 10.9. The van der Waals surface area contributed by atoms with Gasteiger partial charge in [-0.25, -0.2) is 0 Å². The standard InChI is InChI=1S/C29H28ClN3O4/c1-17-9-10-19(3)25(11-17)32-27(34)16-37-28-23(30)13-21(14-26(28)36-5)12-22(15-31)29(35)33-24-8-6-7-18(2)20(24)4/h6-14H,16H2,1-5H3,(H,32,34)(H,33,35)/b22-12-. The molecule has 0 heterocycles. The first kappa shape index (κ1) is 27.3. The van der Waals surface area contributed by atoms with Crippen LogP contribution in [0.5, 0.6) is 11.5 Å². The van der Waals surface area contributed by atoms with Crippen molar-refractivity contribution in [2.45, 2.75) is 27.7 Å². The molecule has 0 aliphatic heterocycles. The van der Waals surface area contributed by atoms with Gasteiger partial charge in [0, 0.05) is 11.4 Å². The average molecular weight is 518 g/mol. The third-order valence-electron chi connectivity index (χ3n) is 5.80. The number of carbonyl (C=O) groups excluding carboxylic acids is 2. The molecular formula is C29H28ClN3O4. The van der Waals surface area contributed by atoms with Crippen LogP contribution in [-0.4, -0.2) is 25.5 Å². The largest absolute Gasteiger partial charge is 0.493 e. The fourth-order valence-electron chi connectivity index (χ4n) is 3.55. The van der Waals surface area contributed by atoms with Gasteiger partial charge in [0.05, 0.1) is 12.1 Å². The van der Waals surface area contributed by atoms with Gasteiger partial charge < -0.3 is 20.1 Å². The maximum atomic E-state index is 12.8. The summed E-state index contributed by atoms with van der Waals surface area (Å²) in [5, 5.41) is 15.4. The van der Waals surface area contributed by atoms with Crippen LogP contribution >= 0.6 is 11.6 Å². The van der Waals surface area contributed by atoms with Crippen LogP contribution in [0, 0.1) is 39.0 Å². The van der Waals surface area contributed by atoms with E-state index in [1.54, 1.807) is 12.1 Å². The zero-order valence-corrected chi connectivity index (χ0v) is 22.1. The Hall–Kier alpha value is -4.28. The monoisotopic (exact) mass is 517 g/mol. The third-order valence-corrected chi connectivity index (χ3v) is 6.08. The van der Waals surface area contributed by atoms with Gasteiger partial charge in [-0.15, -0.1) is 0 Å². The molecule has 0 aliphatic rings. The summed E-state index contributed by atoms with van der Waals surface area (Å²) >= 11 is 6.43. The molecule has 0 bridgehead atoms. The Bertz CT molecular complexity index is 1420. The minimum atomic E-state index is -0.547. The molecule has 7 nitrogen and oxygen atoms in total. The minimum Gasteiger partial charge on any atom is -0.493 e. The van der Waals surface area contributed by atoms with Gasteiger partial charge in [-0.3, -0.25) is 9.59 Å².